The molecule has 4 nitrogen and oxygen atoms in total. The van der Waals surface area contributed by atoms with E-state index in [9.17, 15) is 0 Å². The van der Waals surface area contributed by atoms with Crippen molar-refractivity contribution in [2.24, 2.45) is 0 Å². The molecule has 92 heavy (non-hydrogen) atoms. The third-order valence-corrected chi connectivity index (χ3v) is 20.1. The van der Waals surface area contributed by atoms with Crippen LogP contribution in [0.25, 0.3) is 132 Å². The fraction of sp³-hybridized carbons (Fsp3) is 0. The lowest BCUT2D eigenvalue weighted by Gasteiger charge is -2.21. The lowest BCUT2D eigenvalue weighted by Crippen LogP contribution is -1.99. The molecule has 0 N–H and O–H groups in total. The van der Waals surface area contributed by atoms with Gasteiger partial charge in [0.15, 0.2) is 23.0 Å². The lowest BCUT2D eigenvalue weighted by atomic mass is 9.86. The Morgan fingerprint density at radius 3 is 0.913 bits per heavy atom. The molecule has 0 spiro atoms. The summed E-state index contributed by atoms with van der Waals surface area (Å²) < 4.78 is 12.2. The maximum absolute atomic E-state index is 6.15. The van der Waals surface area contributed by atoms with Crippen LogP contribution in [0, 0.1) is 0 Å². The first-order valence-corrected chi connectivity index (χ1v) is 32.5. The first-order chi connectivity index (χ1) is 45.6. The Hall–Kier alpha value is -11.3. The van der Waals surface area contributed by atoms with Crippen LogP contribution < -0.4 is 9.47 Å². The van der Waals surface area contributed by atoms with Crippen LogP contribution in [-0.4, -0.2) is 9.97 Å². The van der Waals surface area contributed by atoms with E-state index in [-0.39, 0.29) is 0 Å². The summed E-state index contributed by atoms with van der Waals surface area (Å²) in [6, 6.07) is 112. The molecule has 0 radical (unpaired) electrons. The number of rotatable bonds is 8. The molecule has 2 aliphatic rings. The zero-order chi connectivity index (χ0) is 60.9. The number of ether oxygens (including phenoxy) is 2. The van der Waals surface area contributed by atoms with Crippen LogP contribution in [0.1, 0.15) is 0 Å². The van der Waals surface area contributed by atoms with E-state index in [1.807, 2.05) is 72.2 Å². The molecule has 0 atom stereocenters. The summed E-state index contributed by atoms with van der Waals surface area (Å²) in [5.41, 5.74) is 18.4. The monoisotopic (exact) mass is 1210 g/mol. The van der Waals surface area contributed by atoms with Crippen molar-refractivity contribution in [3.05, 3.63) is 328 Å². The summed E-state index contributed by atoms with van der Waals surface area (Å²) >= 11 is 3.69. The van der Waals surface area contributed by atoms with Gasteiger partial charge in [-0.05, 0) is 165 Å². The van der Waals surface area contributed by atoms with Gasteiger partial charge in [-0.2, -0.15) is 0 Å². The summed E-state index contributed by atoms with van der Waals surface area (Å²) in [6.07, 6.45) is 4.04. The largest absolute Gasteiger partial charge is 0.450 e. The van der Waals surface area contributed by atoms with Crippen LogP contribution in [0.15, 0.2) is 347 Å². The second-order valence-electron chi connectivity index (χ2n) is 23.1. The zero-order valence-corrected chi connectivity index (χ0v) is 51.3. The Morgan fingerprint density at radius 1 is 0.196 bits per heavy atom. The van der Waals surface area contributed by atoms with Crippen LogP contribution in [0.3, 0.4) is 0 Å². The smallest absolute Gasteiger partial charge is 0.170 e. The summed E-state index contributed by atoms with van der Waals surface area (Å²) in [5.74, 6) is 2.82. The number of para-hydroxylation sites is 2. The molecule has 18 rings (SSSR count). The molecule has 432 valence electrons. The van der Waals surface area contributed by atoms with Gasteiger partial charge in [-0.1, -0.05) is 272 Å². The second-order valence-corrected chi connectivity index (χ2v) is 25.2. The summed E-state index contributed by atoms with van der Waals surface area (Å²) in [6.45, 7) is 0. The van der Waals surface area contributed by atoms with Crippen LogP contribution in [0.5, 0.6) is 23.0 Å². The van der Waals surface area contributed by atoms with Gasteiger partial charge in [-0.15, -0.1) is 0 Å². The molecule has 4 heterocycles. The van der Waals surface area contributed by atoms with Gasteiger partial charge < -0.3 is 9.47 Å². The lowest BCUT2D eigenvalue weighted by molar-refractivity contribution is 0.360. The molecule has 2 aliphatic heterocycles. The van der Waals surface area contributed by atoms with E-state index in [2.05, 4.69) is 279 Å². The average Bonchev–Trinajstić information content (AvgIpc) is 0.763. The summed E-state index contributed by atoms with van der Waals surface area (Å²) in [7, 11) is 0. The van der Waals surface area contributed by atoms with Crippen molar-refractivity contribution in [3.8, 4) is 112 Å². The molecule has 0 unspecified atom stereocenters. The molecule has 0 saturated carbocycles. The fourth-order valence-corrected chi connectivity index (χ4v) is 15.5. The SMILES string of the molecule is c1ccc(-c2ccc(-c3c4ccccc4c(-c4ccc(-c5ccc6c(c5)Oc5ccccc5O6)nc4)c4ccccc34)cc2)cc1.c1ccc(-c2ccc(-c3c4ccccc4c(-c4ccc(-c5ccc6c(c5)Sc5ccccc5S6)nc4)c4ccccc34)cc2)cc1. The number of aromatic nitrogens is 2. The first kappa shape index (κ1) is 54.8. The van der Waals surface area contributed by atoms with E-state index >= 15 is 0 Å². The van der Waals surface area contributed by atoms with Gasteiger partial charge in [0.05, 0.1) is 11.4 Å². The van der Waals surface area contributed by atoms with Crippen LogP contribution in [0.2, 0.25) is 0 Å². The van der Waals surface area contributed by atoms with Gasteiger partial charge in [-0.25, -0.2) is 0 Å². The van der Waals surface area contributed by atoms with Crippen molar-refractivity contribution in [3.63, 3.8) is 0 Å². The van der Waals surface area contributed by atoms with E-state index in [4.69, 9.17) is 19.4 Å². The highest BCUT2D eigenvalue weighted by molar-refractivity contribution is 8.05. The molecule has 0 aliphatic carbocycles. The second kappa shape index (κ2) is 23.6. The minimum absolute atomic E-state index is 0.687. The minimum Gasteiger partial charge on any atom is -0.450 e. The topological polar surface area (TPSA) is 44.2 Å². The molecule has 2 aromatic heterocycles. The normalized spacial score (nSPS) is 12.0. The van der Waals surface area contributed by atoms with Gasteiger partial charge in [0.1, 0.15) is 0 Å². The Labute approximate surface area is 542 Å². The number of hydrogen-bond acceptors (Lipinski definition) is 6. The van der Waals surface area contributed by atoms with Crippen molar-refractivity contribution in [2.45, 2.75) is 19.6 Å². The van der Waals surface area contributed by atoms with Gasteiger partial charge in [0.2, 0.25) is 0 Å². The van der Waals surface area contributed by atoms with Crippen LogP contribution in [0.4, 0.5) is 0 Å². The third-order valence-electron chi connectivity index (χ3n) is 17.6. The number of benzene rings is 14. The standard InChI is InChI=1S/C43H27NO2.C43H27NS2/c2*1-2-10-28(11-3-1)29-18-20-30(21-19-29)42-33-12-4-6-14-35(33)43(36-15-7-5-13-34(36)42)32-22-24-37(44-27-32)31-23-25-40-41(26-31)46-39-17-9-8-16-38(39)45-40/h2*1-27H. The number of hydrogen-bond donors (Lipinski definition) is 0. The van der Waals surface area contributed by atoms with E-state index in [0.29, 0.717) is 17.2 Å². The average molecular weight is 1210 g/mol. The maximum atomic E-state index is 6.15. The Morgan fingerprint density at radius 2 is 0.489 bits per heavy atom. The van der Waals surface area contributed by atoms with Gasteiger partial charge in [0.25, 0.3) is 0 Å². The summed E-state index contributed by atoms with van der Waals surface area (Å²) in [5, 5.41) is 9.82. The maximum Gasteiger partial charge on any atom is 0.170 e. The highest BCUT2D eigenvalue weighted by Gasteiger charge is 2.23. The van der Waals surface area contributed by atoms with Crippen molar-refractivity contribution in [2.75, 3.05) is 0 Å². The quantitative estimate of drug-likeness (QED) is 0.141. The van der Waals surface area contributed by atoms with Crippen molar-refractivity contribution in [1.82, 2.24) is 9.97 Å². The highest BCUT2D eigenvalue weighted by atomic mass is 32.2. The van der Waals surface area contributed by atoms with Crippen molar-refractivity contribution < 1.29 is 9.47 Å². The van der Waals surface area contributed by atoms with E-state index in [1.165, 1.54) is 118 Å². The molecule has 16 aromatic rings. The molecular weight excluding hydrogens is 1160 g/mol. The Bertz CT molecular complexity index is 5030. The fourth-order valence-electron chi connectivity index (χ4n) is 13.2. The third kappa shape index (κ3) is 10.1. The van der Waals surface area contributed by atoms with Gasteiger partial charge in [-0.3, -0.25) is 9.97 Å². The molecule has 0 amide bonds. The van der Waals surface area contributed by atoms with Gasteiger partial charge >= 0.3 is 0 Å². The van der Waals surface area contributed by atoms with Crippen molar-refractivity contribution >= 4 is 66.6 Å². The van der Waals surface area contributed by atoms with E-state index in [1.54, 1.807) is 0 Å². The van der Waals surface area contributed by atoms with E-state index < -0.39 is 0 Å². The first-order valence-electron chi connectivity index (χ1n) is 30.9. The highest BCUT2D eigenvalue weighted by Crippen LogP contribution is 2.51. The van der Waals surface area contributed by atoms with Crippen molar-refractivity contribution in [1.29, 1.82) is 0 Å². The predicted molar refractivity (Wildman–Crippen MR) is 383 cm³/mol. The Balaban J connectivity index is 0.000000141. The van der Waals surface area contributed by atoms with Crippen LogP contribution in [-0.2, 0) is 0 Å². The predicted octanol–water partition coefficient (Wildman–Crippen LogP) is 24.6. The van der Waals surface area contributed by atoms with Crippen LogP contribution >= 0.6 is 23.5 Å². The van der Waals surface area contributed by atoms with Gasteiger partial charge in [0, 0.05) is 54.2 Å². The molecule has 0 bridgehead atoms. The molecule has 6 heteroatoms. The molecule has 14 aromatic carbocycles. The summed E-state index contributed by atoms with van der Waals surface area (Å²) in [4.78, 5) is 15.2. The number of pyridine rings is 2. The number of nitrogens with zero attached hydrogens (tertiary/aromatic N) is 2. The number of fused-ring (bicyclic) bond motifs is 8. The Kier molecular flexibility index (Phi) is 14.1. The zero-order valence-electron chi connectivity index (χ0n) is 49.7. The molecule has 0 saturated heterocycles. The molecular formula is C86H54N2O2S2. The van der Waals surface area contributed by atoms with E-state index in [0.717, 1.165) is 39.4 Å². The molecule has 0 fully saturated rings. The minimum atomic E-state index is 0.687.